The topological polar surface area (TPSA) is 77.0 Å². The maximum Gasteiger partial charge on any atom is 0.233 e. The Balaban J connectivity index is 2.01. The third kappa shape index (κ3) is 5.05. The van der Waals surface area contributed by atoms with Crippen LogP contribution in [-0.4, -0.2) is 44.5 Å². The summed E-state index contributed by atoms with van der Waals surface area (Å²) in [4.78, 5) is 13.9. The van der Waals surface area contributed by atoms with Gasteiger partial charge in [-0.15, -0.1) is 10.2 Å². The molecule has 6 nitrogen and oxygen atoms in total. The maximum atomic E-state index is 12.1. The van der Waals surface area contributed by atoms with Gasteiger partial charge in [-0.2, -0.15) is 0 Å². The number of nitrogens with two attached hydrogens (primary N) is 1. The van der Waals surface area contributed by atoms with Gasteiger partial charge in [-0.05, 0) is 32.4 Å². The zero-order valence-corrected chi connectivity index (χ0v) is 16.9. The Kier molecular flexibility index (Phi) is 7.46. The fraction of sp³-hybridized carbons (Fsp3) is 0.438. The Bertz CT molecular complexity index is 720. The van der Waals surface area contributed by atoms with Crippen molar-refractivity contribution in [2.45, 2.75) is 36.3 Å². The highest BCUT2D eigenvalue weighted by atomic mass is 35.5. The maximum absolute atomic E-state index is 12.1. The van der Waals surface area contributed by atoms with E-state index in [1.807, 2.05) is 45.0 Å². The number of nitrogen functional groups attached to an aromatic ring is 1. The second-order valence-corrected chi connectivity index (χ2v) is 7.93. The van der Waals surface area contributed by atoms with E-state index in [2.05, 4.69) is 10.2 Å². The molecule has 0 fully saturated rings. The minimum atomic E-state index is 0.0663. The van der Waals surface area contributed by atoms with Gasteiger partial charge >= 0.3 is 0 Å². The van der Waals surface area contributed by atoms with Crippen LogP contribution in [0.4, 0.5) is 0 Å². The molecule has 2 aromatic rings. The molecule has 1 aromatic heterocycles. The third-order valence-electron chi connectivity index (χ3n) is 3.70. The molecule has 136 valence electrons. The van der Waals surface area contributed by atoms with Crippen molar-refractivity contribution in [2.24, 2.45) is 0 Å². The first kappa shape index (κ1) is 19.9. The largest absolute Gasteiger partial charge is 0.343 e. The lowest BCUT2D eigenvalue weighted by molar-refractivity contribution is -0.127. The van der Waals surface area contributed by atoms with E-state index in [9.17, 15) is 4.79 Å². The van der Waals surface area contributed by atoms with Gasteiger partial charge in [0, 0.05) is 23.4 Å². The fourth-order valence-electron chi connectivity index (χ4n) is 2.26. The van der Waals surface area contributed by atoms with E-state index >= 15 is 0 Å². The number of thioether (sulfide) groups is 2. The molecule has 25 heavy (non-hydrogen) atoms. The number of hydrogen-bond donors (Lipinski definition) is 1. The monoisotopic (exact) mass is 399 g/mol. The van der Waals surface area contributed by atoms with Gasteiger partial charge in [0.15, 0.2) is 0 Å². The summed E-state index contributed by atoms with van der Waals surface area (Å²) >= 11 is 9.01. The van der Waals surface area contributed by atoms with E-state index in [-0.39, 0.29) is 11.2 Å². The minimum absolute atomic E-state index is 0.0663. The highest BCUT2D eigenvalue weighted by molar-refractivity contribution is 8.00. The fourth-order valence-corrected chi connectivity index (χ4v) is 4.38. The van der Waals surface area contributed by atoms with Crippen molar-refractivity contribution >= 4 is 41.0 Å². The highest BCUT2D eigenvalue weighted by Gasteiger charge is 2.18. The van der Waals surface area contributed by atoms with Crippen molar-refractivity contribution in [3.05, 3.63) is 34.9 Å². The summed E-state index contributed by atoms with van der Waals surface area (Å²) in [6, 6.07) is 7.69. The van der Waals surface area contributed by atoms with Crippen molar-refractivity contribution in [1.82, 2.24) is 19.8 Å². The molecule has 0 aliphatic rings. The average molecular weight is 400 g/mol. The van der Waals surface area contributed by atoms with Gasteiger partial charge in [-0.25, -0.2) is 4.68 Å². The van der Waals surface area contributed by atoms with Crippen LogP contribution < -0.4 is 5.84 Å². The molecule has 0 saturated carbocycles. The normalized spacial score (nSPS) is 12.2. The second kappa shape index (κ2) is 9.35. The van der Waals surface area contributed by atoms with Crippen LogP contribution >= 0.6 is 35.1 Å². The summed E-state index contributed by atoms with van der Waals surface area (Å²) < 4.78 is 1.43. The molecule has 9 heteroatoms. The van der Waals surface area contributed by atoms with Gasteiger partial charge in [-0.3, -0.25) is 4.79 Å². The van der Waals surface area contributed by atoms with Crippen molar-refractivity contribution in [3.63, 3.8) is 0 Å². The molecule has 1 atom stereocenters. The molecule has 1 heterocycles. The predicted octanol–water partition coefficient (Wildman–Crippen LogP) is 3.46. The number of amides is 1. The number of carbonyl (C=O) groups excluding carboxylic acids is 1. The first-order valence-corrected chi connectivity index (χ1v) is 10.2. The van der Waals surface area contributed by atoms with Crippen molar-refractivity contribution < 1.29 is 4.79 Å². The van der Waals surface area contributed by atoms with E-state index in [0.717, 1.165) is 5.56 Å². The van der Waals surface area contributed by atoms with Gasteiger partial charge in [0.05, 0.1) is 5.75 Å². The molecule has 1 aromatic carbocycles. The van der Waals surface area contributed by atoms with Crippen molar-refractivity contribution in [1.29, 1.82) is 0 Å². The molecule has 0 aliphatic carbocycles. The standard InChI is InChI=1S/C16H22ClN5OS2/c1-4-21(5-2)14(23)10-24-15-19-20-16(22(15)18)25-11(3)12-8-6-7-9-13(12)17/h6-9,11H,4-5,10,18H2,1-3H3/t11-/m0/s1. The zero-order valence-electron chi connectivity index (χ0n) is 14.5. The minimum Gasteiger partial charge on any atom is -0.343 e. The van der Waals surface area contributed by atoms with Gasteiger partial charge in [0.1, 0.15) is 0 Å². The Morgan fingerprint density at radius 3 is 2.56 bits per heavy atom. The molecular formula is C16H22ClN5OS2. The molecule has 2 N–H and O–H groups in total. The second-order valence-electron chi connectivity index (χ2n) is 5.27. The molecule has 0 saturated heterocycles. The van der Waals surface area contributed by atoms with E-state index < -0.39 is 0 Å². The van der Waals surface area contributed by atoms with Crippen LogP contribution in [0.25, 0.3) is 0 Å². The predicted molar refractivity (Wildman–Crippen MR) is 105 cm³/mol. The van der Waals surface area contributed by atoms with Gasteiger partial charge < -0.3 is 10.7 Å². The lowest BCUT2D eigenvalue weighted by Gasteiger charge is -2.17. The molecular weight excluding hydrogens is 378 g/mol. The number of hydrogen-bond acceptors (Lipinski definition) is 6. The summed E-state index contributed by atoms with van der Waals surface area (Å²) in [7, 11) is 0. The highest BCUT2D eigenvalue weighted by Crippen LogP contribution is 2.37. The summed E-state index contributed by atoms with van der Waals surface area (Å²) in [6.07, 6.45) is 0. The van der Waals surface area contributed by atoms with Gasteiger partial charge in [0.25, 0.3) is 0 Å². The average Bonchev–Trinajstić information content (AvgIpc) is 2.94. The smallest absolute Gasteiger partial charge is 0.233 e. The van der Waals surface area contributed by atoms with Crippen molar-refractivity contribution in [2.75, 3.05) is 24.7 Å². The molecule has 0 bridgehead atoms. The van der Waals surface area contributed by atoms with Crippen LogP contribution in [0.3, 0.4) is 0 Å². The van der Waals surface area contributed by atoms with Gasteiger partial charge in [-0.1, -0.05) is 53.3 Å². The quantitative estimate of drug-likeness (QED) is 0.541. The number of nitrogens with zero attached hydrogens (tertiary/aromatic N) is 4. The van der Waals surface area contributed by atoms with Crippen LogP contribution in [0, 0.1) is 0 Å². The molecule has 0 spiro atoms. The summed E-state index contributed by atoms with van der Waals surface area (Å²) in [6.45, 7) is 7.35. The molecule has 0 aliphatic heterocycles. The number of benzene rings is 1. The van der Waals surface area contributed by atoms with Crippen molar-refractivity contribution in [3.8, 4) is 0 Å². The van der Waals surface area contributed by atoms with Crippen LogP contribution in [0.2, 0.25) is 5.02 Å². The van der Waals surface area contributed by atoms with Crippen LogP contribution in [-0.2, 0) is 4.79 Å². The number of rotatable bonds is 8. The van der Waals surface area contributed by atoms with E-state index in [4.69, 9.17) is 17.4 Å². The zero-order chi connectivity index (χ0) is 18.4. The third-order valence-corrected chi connectivity index (χ3v) is 6.07. The van der Waals surface area contributed by atoms with E-state index in [1.165, 1.54) is 28.2 Å². The van der Waals surface area contributed by atoms with Crippen LogP contribution in [0.1, 0.15) is 31.6 Å². The number of halogens is 1. The summed E-state index contributed by atoms with van der Waals surface area (Å²) in [5.74, 6) is 6.45. The Labute approximate surface area is 161 Å². The van der Waals surface area contributed by atoms with E-state index in [1.54, 1.807) is 4.90 Å². The lowest BCUT2D eigenvalue weighted by atomic mass is 10.2. The van der Waals surface area contributed by atoms with Crippen LogP contribution in [0.15, 0.2) is 34.6 Å². The first-order valence-electron chi connectivity index (χ1n) is 8.00. The number of aromatic nitrogens is 3. The molecule has 0 radical (unpaired) electrons. The molecule has 0 unspecified atom stereocenters. The lowest BCUT2D eigenvalue weighted by Crippen LogP contribution is -2.32. The molecule has 2 rings (SSSR count). The Hall–Kier alpha value is -1.38. The van der Waals surface area contributed by atoms with E-state index in [0.29, 0.717) is 34.2 Å². The molecule has 1 amide bonds. The number of carbonyl (C=O) groups is 1. The van der Waals surface area contributed by atoms with Gasteiger partial charge in [0.2, 0.25) is 16.2 Å². The Morgan fingerprint density at radius 2 is 1.92 bits per heavy atom. The van der Waals surface area contributed by atoms with Crippen LogP contribution in [0.5, 0.6) is 0 Å². The SMILES string of the molecule is CCN(CC)C(=O)CSc1nnc(S[C@@H](C)c2ccccc2Cl)n1N. The first-order chi connectivity index (χ1) is 12.0. The Morgan fingerprint density at radius 1 is 1.28 bits per heavy atom. The summed E-state index contributed by atoms with van der Waals surface area (Å²) in [5, 5.41) is 10.1. The summed E-state index contributed by atoms with van der Waals surface area (Å²) in [5.41, 5.74) is 1.02.